The number of benzene rings is 1. The molecule has 0 saturated carbocycles. The molecule has 0 spiro atoms. The lowest BCUT2D eigenvalue weighted by Gasteiger charge is -2.14. The third-order valence-electron chi connectivity index (χ3n) is 12.9. The van der Waals surface area contributed by atoms with Crippen molar-refractivity contribution < 1.29 is 14.3 Å². The van der Waals surface area contributed by atoms with Gasteiger partial charge in [-0.3, -0.25) is 9.59 Å². The quantitative estimate of drug-likeness (QED) is 0.0642. The molecule has 0 atom stereocenters. The third kappa shape index (κ3) is 37.1. The van der Waals surface area contributed by atoms with E-state index in [1.165, 1.54) is 231 Å². The van der Waals surface area contributed by atoms with Gasteiger partial charge in [0, 0.05) is 18.7 Å². The Bertz CT molecular complexity index is 1090. The Morgan fingerprint density at radius 3 is 0.967 bits per heavy atom. The largest absolute Gasteiger partial charge is 0.493 e. The van der Waals surface area contributed by atoms with E-state index in [1.807, 2.05) is 0 Å². The van der Waals surface area contributed by atoms with Crippen molar-refractivity contribution in [3.63, 3.8) is 0 Å². The molecular formula is C56H104N2O3. The van der Waals surface area contributed by atoms with E-state index in [4.69, 9.17) is 4.74 Å². The monoisotopic (exact) mass is 853 g/mol. The van der Waals surface area contributed by atoms with Gasteiger partial charge in [0.2, 0.25) is 0 Å². The Balaban J connectivity index is 2.30. The smallest absolute Gasteiger partial charge is 0.255 e. The van der Waals surface area contributed by atoms with E-state index < -0.39 is 0 Å². The molecule has 5 nitrogen and oxygen atoms in total. The molecule has 0 fully saturated rings. The molecule has 0 heterocycles. The topological polar surface area (TPSA) is 67.4 Å². The van der Waals surface area contributed by atoms with Crippen LogP contribution in [0.3, 0.4) is 0 Å². The number of unbranched alkanes of at least 4 members (excludes halogenated alkanes) is 39. The zero-order valence-corrected chi connectivity index (χ0v) is 41.3. The highest BCUT2D eigenvalue weighted by Crippen LogP contribution is 2.23. The first-order valence-electron chi connectivity index (χ1n) is 27.5. The summed E-state index contributed by atoms with van der Waals surface area (Å²) in [5.74, 6) is 0.357. The fourth-order valence-electron chi connectivity index (χ4n) is 8.69. The van der Waals surface area contributed by atoms with Crippen molar-refractivity contribution in [2.24, 2.45) is 0 Å². The molecule has 0 aliphatic carbocycles. The first kappa shape index (κ1) is 57.0. The van der Waals surface area contributed by atoms with Gasteiger partial charge in [0.1, 0.15) is 5.75 Å². The van der Waals surface area contributed by atoms with Crippen LogP contribution in [0.4, 0.5) is 0 Å². The average molecular weight is 853 g/mol. The van der Waals surface area contributed by atoms with Crippen LogP contribution in [0.25, 0.3) is 0 Å². The number of amides is 2. The molecule has 356 valence electrons. The van der Waals surface area contributed by atoms with Crippen LogP contribution in [0, 0.1) is 0 Å². The first-order valence-corrected chi connectivity index (χ1v) is 27.5. The average Bonchev–Trinajstić information content (AvgIpc) is 3.27. The number of carbonyl (C=O) groups excluding carboxylic acids is 2. The SMILES string of the molecule is CCCCCCCCCCCCCCCCCCCNC(=O)c1ccc(C(=O)NCCCCCCCCCCCCCCCCCCC)c(OCCCCCCCCCC)c1. The highest BCUT2D eigenvalue weighted by atomic mass is 16.5. The summed E-state index contributed by atoms with van der Waals surface area (Å²) in [6, 6.07) is 5.37. The molecule has 0 saturated heterocycles. The first-order chi connectivity index (χ1) is 30.1. The van der Waals surface area contributed by atoms with Gasteiger partial charge in [0.25, 0.3) is 11.8 Å². The van der Waals surface area contributed by atoms with Crippen LogP contribution in [-0.2, 0) is 0 Å². The molecule has 0 unspecified atom stereocenters. The van der Waals surface area contributed by atoms with Crippen LogP contribution >= 0.6 is 0 Å². The van der Waals surface area contributed by atoms with Gasteiger partial charge in [-0.05, 0) is 37.5 Å². The summed E-state index contributed by atoms with van der Waals surface area (Å²) in [6.07, 6.45) is 55.7. The molecule has 5 heteroatoms. The minimum absolute atomic E-state index is 0.0797. The molecule has 1 aromatic carbocycles. The van der Waals surface area contributed by atoms with Crippen LogP contribution in [0.5, 0.6) is 5.75 Å². The molecule has 2 amide bonds. The van der Waals surface area contributed by atoms with Crippen molar-refractivity contribution in [2.75, 3.05) is 19.7 Å². The molecule has 0 radical (unpaired) electrons. The Kier molecular flexibility index (Phi) is 42.9. The fourth-order valence-corrected chi connectivity index (χ4v) is 8.69. The van der Waals surface area contributed by atoms with Crippen molar-refractivity contribution in [1.82, 2.24) is 10.6 Å². The molecule has 1 aromatic rings. The normalized spacial score (nSPS) is 11.3. The van der Waals surface area contributed by atoms with Gasteiger partial charge >= 0.3 is 0 Å². The van der Waals surface area contributed by atoms with Crippen LogP contribution in [0.1, 0.15) is 311 Å². The summed E-state index contributed by atoms with van der Waals surface area (Å²) < 4.78 is 6.24. The second-order valence-electron chi connectivity index (χ2n) is 18.9. The molecule has 0 bridgehead atoms. The lowest BCUT2D eigenvalue weighted by Crippen LogP contribution is -2.26. The summed E-state index contributed by atoms with van der Waals surface area (Å²) in [7, 11) is 0. The maximum Gasteiger partial charge on any atom is 0.255 e. The Hall–Kier alpha value is -2.04. The summed E-state index contributed by atoms with van der Waals surface area (Å²) in [5.41, 5.74) is 1.11. The highest BCUT2D eigenvalue weighted by Gasteiger charge is 2.16. The number of hydrogen-bond donors (Lipinski definition) is 2. The Morgan fingerprint density at radius 2 is 0.639 bits per heavy atom. The minimum atomic E-state index is -0.0992. The van der Waals surface area contributed by atoms with E-state index in [0.29, 0.717) is 36.6 Å². The second kappa shape index (κ2) is 46.0. The van der Waals surface area contributed by atoms with E-state index in [2.05, 4.69) is 31.4 Å². The summed E-state index contributed by atoms with van der Waals surface area (Å²) >= 11 is 0. The predicted octanol–water partition coefficient (Wildman–Crippen LogP) is 18.0. The van der Waals surface area contributed by atoms with Gasteiger partial charge in [-0.25, -0.2) is 0 Å². The van der Waals surface area contributed by atoms with Gasteiger partial charge < -0.3 is 15.4 Å². The predicted molar refractivity (Wildman–Crippen MR) is 268 cm³/mol. The van der Waals surface area contributed by atoms with Gasteiger partial charge in [-0.1, -0.05) is 271 Å². The number of carbonyl (C=O) groups is 2. The van der Waals surface area contributed by atoms with Crippen molar-refractivity contribution >= 4 is 11.8 Å². The number of rotatable bonds is 48. The maximum absolute atomic E-state index is 13.3. The molecule has 0 aliphatic rings. The van der Waals surface area contributed by atoms with Gasteiger partial charge in [0.05, 0.1) is 12.2 Å². The molecular weight excluding hydrogens is 749 g/mol. The van der Waals surface area contributed by atoms with Crippen LogP contribution in [0.2, 0.25) is 0 Å². The lowest BCUT2D eigenvalue weighted by atomic mass is 10.0. The summed E-state index contributed by atoms with van der Waals surface area (Å²) in [5, 5.41) is 6.27. The fraction of sp³-hybridized carbons (Fsp3) is 0.857. The number of hydrogen-bond acceptors (Lipinski definition) is 3. The standard InChI is InChI=1S/C56H104N2O3/c1-4-7-10-13-16-19-21-23-25-27-29-31-33-35-37-40-43-48-57-55(59)52-46-47-53(54(51-52)61-50-45-42-39-18-15-12-9-6-3)56(60)58-49-44-41-38-36-34-32-30-28-26-24-22-20-17-14-11-8-5-2/h46-47,51H,4-45,48-50H2,1-3H3,(H,57,59)(H,58,60). The van der Waals surface area contributed by atoms with E-state index in [1.54, 1.807) is 18.2 Å². The van der Waals surface area contributed by atoms with E-state index in [9.17, 15) is 9.59 Å². The summed E-state index contributed by atoms with van der Waals surface area (Å²) in [6.45, 7) is 8.77. The molecule has 0 aromatic heterocycles. The highest BCUT2D eigenvalue weighted by molar-refractivity contribution is 6.00. The molecule has 1 rings (SSSR count). The van der Waals surface area contributed by atoms with Gasteiger partial charge in [-0.15, -0.1) is 0 Å². The zero-order chi connectivity index (χ0) is 43.9. The van der Waals surface area contributed by atoms with Crippen molar-refractivity contribution in [3.05, 3.63) is 29.3 Å². The summed E-state index contributed by atoms with van der Waals surface area (Å²) in [4.78, 5) is 26.5. The van der Waals surface area contributed by atoms with Gasteiger partial charge in [-0.2, -0.15) is 0 Å². The second-order valence-corrected chi connectivity index (χ2v) is 18.9. The molecule has 61 heavy (non-hydrogen) atoms. The van der Waals surface area contributed by atoms with E-state index in [0.717, 1.165) is 38.5 Å². The Morgan fingerprint density at radius 1 is 0.361 bits per heavy atom. The Labute approximate surface area is 380 Å². The van der Waals surface area contributed by atoms with Crippen LogP contribution in [-0.4, -0.2) is 31.5 Å². The van der Waals surface area contributed by atoms with Gasteiger partial charge in [0.15, 0.2) is 0 Å². The van der Waals surface area contributed by atoms with Crippen molar-refractivity contribution in [3.8, 4) is 5.75 Å². The third-order valence-corrected chi connectivity index (χ3v) is 12.9. The number of ether oxygens (including phenoxy) is 1. The molecule has 2 N–H and O–H groups in total. The minimum Gasteiger partial charge on any atom is -0.493 e. The van der Waals surface area contributed by atoms with Crippen molar-refractivity contribution in [2.45, 2.75) is 290 Å². The molecule has 0 aliphatic heterocycles. The number of nitrogens with one attached hydrogen (secondary N) is 2. The van der Waals surface area contributed by atoms with Crippen molar-refractivity contribution in [1.29, 1.82) is 0 Å². The zero-order valence-electron chi connectivity index (χ0n) is 41.3. The lowest BCUT2D eigenvalue weighted by molar-refractivity contribution is 0.0937. The van der Waals surface area contributed by atoms with Crippen LogP contribution < -0.4 is 15.4 Å². The van der Waals surface area contributed by atoms with Crippen LogP contribution in [0.15, 0.2) is 18.2 Å². The van der Waals surface area contributed by atoms with E-state index in [-0.39, 0.29) is 11.8 Å². The van der Waals surface area contributed by atoms with E-state index >= 15 is 0 Å². The maximum atomic E-state index is 13.3.